The van der Waals surface area contributed by atoms with Crippen LogP contribution in [-0.2, 0) is 14.3 Å². The monoisotopic (exact) mass is 269 g/mol. The SMILES string of the molecule is COCCN1CCN(C(=O)C2CC(=O)N(C)C2)CC1. The second kappa shape index (κ2) is 6.34. The first-order chi connectivity index (χ1) is 9.11. The van der Waals surface area contributed by atoms with E-state index in [1.165, 1.54) is 0 Å². The Labute approximate surface area is 114 Å². The van der Waals surface area contributed by atoms with Crippen LogP contribution in [0.15, 0.2) is 0 Å². The van der Waals surface area contributed by atoms with Gasteiger partial charge < -0.3 is 14.5 Å². The van der Waals surface area contributed by atoms with Gasteiger partial charge in [-0.3, -0.25) is 14.5 Å². The molecule has 0 radical (unpaired) electrons. The number of carbonyl (C=O) groups is 2. The molecule has 0 aliphatic carbocycles. The van der Waals surface area contributed by atoms with Crippen molar-refractivity contribution >= 4 is 11.8 Å². The van der Waals surface area contributed by atoms with Crippen molar-refractivity contribution in [3.63, 3.8) is 0 Å². The Morgan fingerprint density at radius 1 is 1.32 bits per heavy atom. The van der Waals surface area contributed by atoms with E-state index in [9.17, 15) is 9.59 Å². The Hall–Kier alpha value is -1.14. The average molecular weight is 269 g/mol. The molecule has 0 spiro atoms. The van der Waals surface area contributed by atoms with Crippen molar-refractivity contribution < 1.29 is 14.3 Å². The van der Waals surface area contributed by atoms with E-state index in [-0.39, 0.29) is 17.7 Å². The predicted octanol–water partition coefficient (Wildman–Crippen LogP) is -0.745. The van der Waals surface area contributed by atoms with E-state index in [4.69, 9.17) is 4.74 Å². The summed E-state index contributed by atoms with van der Waals surface area (Å²) in [6.45, 7) is 5.53. The van der Waals surface area contributed by atoms with Crippen molar-refractivity contribution in [1.29, 1.82) is 0 Å². The van der Waals surface area contributed by atoms with Crippen molar-refractivity contribution in [2.24, 2.45) is 5.92 Å². The van der Waals surface area contributed by atoms with Crippen LogP contribution < -0.4 is 0 Å². The lowest BCUT2D eigenvalue weighted by molar-refractivity contribution is -0.137. The van der Waals surface area contributed by atoms with Crippen LogP contribution in [0.3, 0.4) is 0 Å². The van der Waals surface area contributed by atoms with Crippen LogP contribution in [0.25, 0.3) is 0 Å². The lowest BCUT2D eigenvalue weighted by atomic mass is 10.1. The minimum atomic E-state index is -0.136. The number of nitrogens with zero attached hydrogens (tertiary/aromatic N) is 3. The van der Waals surface area contributed by atoms with Crippen LogP contribution in [0.1, 0.15) is 6.42 Å². The van der Waals surface area contributed by atoms with Gasteiger partial charge in [-0.2, -0.15) is 0 Å². The number of rotatable bonds is 4. The van der Waals surface area contributed by atoms with Crippen molar-refractivity contribution in [3.05, 3.63) is 0 Å². The maximum atomic E-state index is 12.3. The molecule has 6 nitrogen and oxygen atoms in total. The number of hydrogen-bond donors (Lipinski definition) is 0. The molecule has 1 unspecified atom stereocenters. The quantitative estimate of drug-likeness (QED) is 0.674. The fraction of sp³-hybridized carbons (Fsp3) is 0.846. The highest BCUT2D eigenvalue weighted by atomic mass is 16.5. The molecular weight excluding hydrogens is 246 g/mol. The Bertz CT molecular complexity index is 340. The first-order valence-electron chi connectivity index (χ1n) is 6.86. The number of ether oxygens (including phenoxy) is 1. The molecule has 1 atom stereocenters. The molecule has 2 saturated heterocycles. The standard InChI is InChI=1S/C13H23N3O3/c1-14-10-11(9-12(14)17)13(18)16-5-3-15(4-6-16)7-8-19-2/h11H,3-10H2,1-2H3. The Kier molecular flexibility index (Phi) is 4.76. The summed E-state index contributed by atoms with van der Waals surface area (Å²) in [5.74, 6) is 0.0872. The first kappa shape index (κ1) is 14.3. The molecule has 0 N–H and O–H groups in total. The van der Waals surface area contributed by atoms with Gasteiger partial charge in [0.15, 0.2) is 0 Å². The third-order valence-electron chi connectivity index (χ3n) is 3.99. The second-order valence-electron chi connectivity index (χ2n) is 5.34. The lowest BCUT2D eigenvalue weighted by Gasteiger charge is -2.35. The molecule has 6 heteroatoms. The van der Waals surface area contributed by atoms with Crippen molar-refractivity contribution in [3.8, 4) is 0 Å². The van der Waals surface area contributed by atoms with E-state index in [0.29, 0.717) is 13.0 Å². The summed E-state index contributed by atoms with van der Waals surface area (Å²) >= 11 is 0. The second-order valence-corrected chi connectivity index (χ2v) is 5.34. The molecule has 2 rings (SSSR count). The highest BCUT2D eigenvalue weighted by Crippen LogP contribution is 2.19. The Morgan fingerprint density at radius 3 is 2.53 bits per heavy atom. The average Bonchev–Trinajstić information content (AvgIpc) is 2.76. The zero-order valence-corrected chi connectivity index (χ0v) is 11.8. The normalized spacial score (nSPS) is 25.2. The molecule has 2 aliphatic heterocycles. The molecule has 2 heterocycles. The van der Waals surface area contributed by atoms with E-state index in [0.717, 1.165) is 39.3 Å². The maximum absolute atomic E-state index is 12.3. The summed E-state index contributed by atoms with van der Waals surface area (Å²) in [5, 5.41) is 0. The van der Waals surface area contributed by atoms with Gasteiger partial charge in [0.25, 0.3) is 0 Å². The highest BCUT2D eigenvalue weighted by Gasteiger charge is 2.35. The van der Waals surface area contributed by atoms with Crippen molar-refractivity contribution in [1.82, 2.24) is 14.7 Å². The third kappa shape index (κ3) is 3.45. The summed E-state index contributed by atoms with van der Waals surface area (Å²) in [7, 11) is 3.46. The molecule has 0 saturated carbocycles. The molecule has 2 amide bonds. The van der Waals surface area contributed by atoms with Gasteiger partial charge in [-0.1, -0.05) is 0 Å². The lowest BCUT2D eigenvalue weighted by Crippen LogP contribution is -2.51. The Balaban J connectivity index is 1.78. The summed E-state index contributed by atoms with van der Waals surface area (Å²) in [5.41, 5.74) is 0. The minimum Gasteiger partial charge on any atom is -0.383 e. The number of piperazine rings is 1. The number of methoxy groups -OCH3 is 1. The zero-order valence-electron chi connectivity index (χ0n) is 11.8. The number of likely N-dealkylation sites (tertiary alicyclic amines) is 1. The zero-order chi connectivity index (χ0) is 13.8. The van der Waals surface area contributed by atoms with E-state index in [1.807, 2.05) is 4.90 Å². The molecule has 19 heavy (non-hydrogen) atoms. The van der Waals surface area contributed by atoms with Crippen molar-refractivity contribution in [2.45, 2.75) is 6.42 Å². The van der Waals surface area contributed by atoms with Crippen molar-refractivity contribution in [2.75, 3.05) is 60.0 Å². The number of carbonyl (C=O) groups excluding carboxylic acids is 2. The smallest absolute Gasteiger partial charge is 0.228 e. The topological polar surface area (TPSA) is 53.1 Å². The fourth-order valence-corrected chi connectivity index (χ4v) is 2.70. The third-order valence-corrected chi connectivity index (χ3v) is 3.99. The van der Waals surface area contributed by atoms with Crippen LogP contribution in [0.4, 0.5) is 0 Å². The van der Waals surface area contributed by atoms with E-state index < -0.39 is 0 Å². The first-order valence-corrected chi connectivity index (χ1v) is 6.86. The van der Waals surface area contributed by atoms with E-state index >= 15 is 0 Å². The van der Waals surface area contributed by atoms with Crippen LogP contribution >= 0.6 is 0 Å². The summed E-state index contributed by atoms with van der Waals surface area (Å²) in [6.07, 6.45) is 0.374. The molecular formula is C13H23N3O3. The van der Waals surface area contributed by atoms with E-state index in [2.05, 4.69) is 4.90 Å². The molecule has 108 valence electrons. The number of amides is 2. The molecule has 0 aromatic heterocycles. The minimum absolute atomic E-state index is 0.0806. The summed E-state index contributed by atoms with van der Waals surface area (Å²) in [6, 6.07) is 0. The maximum Gasteiger partial charge on any atom is 0.228 e. The van der Waals surface area contributed by atoms with Crippen LogP contribution in [-0.4, -0.2) is 86.5 Å². The Morgan fingerprint density at radius 2 is 2.00 bits per heavy atom. The highest BCUT2D eigenvalue weighted by molar-refractivity contribution is 5.89. The molecule has 2 aliphatic rings. The summed E-state index contributed by atoms with van der Waals surface area (Å²) in [4.78, 5) is 29.6. The van der Waals surface area contributed by atoms with Crippen LogP contribution in [0.2, 0.25) is 0 Å². The van der Waals surface area contributed by atoms with E-state index in [1.54, 1.807) is 19.1 Å². The van der Waals surface area contributed by atoms with Gasteiger partial charge in [-0.05, 0) is 0 Å². The van der Waals surface area contributed by atoms with Gasteiger partial charge in [-0.25, -0.2) is 0 Å². The van der Waals surface area contributed by atoms with Gasteiger partial charge in [0.05, 0.1) is 12.5 Å². The largest absolute Gasteiger partial charge is 0.383 e. The molecule has 2 fully saturated rings. The predicted molar refractivity (Wildman–Crippen MR) is 70.6 cm³/mol. The van der Waals surface area contributed by atoms with Crippen LogP contribution in [0.5, 0.6) is 0 Å². The van der Waals surface area contributed by atoms with Gasteiger partial charge in [0.1, 0.15) is 0 Å². The van der Waals surface area contributed by atoms with Gasteiger partial charge in [-0.15, -0.1) is 0 Å². The van der Waals surface area contributed by atoms with Gasteiger partial charge in [0, 0.05) is 59.8 Å². The number of hydrogen-bond acceptors (Lipinski definition) is 4. The summed E-state index contributed by atoms with van der Waals surface area (Å²) < 4.78 is 5.06. The molecule has 0 bridgehead atoms. The van der Waals surface area contributed by atoms with Gasteiger partial charge in [0.2, 0.25) is 11.8 Å². The molecule has 0 aromatic carbocycles. The fourth-order valence-electron chi connectivity index (χ4n) is 2.70. The van der Waals surface area contributed by atoms with Crippen LogP contribution in [0, 0.1) is 5.92 Å². The molecule has 0 aromatic rings. The van der Waals surface area contributed by atoms with Gasteiger partial charge >= 0.3 is 0 Å².